The number of aromatic nitrogens is 5. The van der Waals surface area contributed by atoms with E-state index in [4.69, 9.17) is 14.9 Å². The number of aryl methyl sites for hydroxylation is 1. The monoisotopic (exact) mass is 636 g/mol. The predicted molar refractivity (Wildman–Crippen MR) is 166 cm³/mol. The van der Waals surface area contributed by atoms with Crippen molar-refractivity contribution in [3.63, 3.8) is 0 Å². The van der Waals surface area contributed by atoms with Crippen LogP contribution in [-0.4, -0.2) is 88.7 Å². The maximum atomic E-state index is 13.8. The summed E-state index contributed by atoms with van der Waals surface area (Å²) in [7, 11) is 2.81. The first-order valence-electron chi connectivity index (χ1n) is 15.2. The largest absolute Gasteiger partial charge is 0.483 e. The molecule has 0 saturated carbocycles. The number of carboxylic acid groups (broad SMARTS) is 1. The third-order valence-corrected chi connectivity index (χ3v) is 8.28. The number of amides is 3. The summed E-state index contributed by atoms with van der Waals surface area (Å²) in [6.45, 7) is 2.67. The van der Waals surface area contributed by atoms with Crippen molar-refractivity contribution in [2.45, 2.75) is 64.1 Å². The maximum Gasteiger partial charge on any atom is 0.331 e. The van der Waals surface area contributed by atoms with Crippen LogP contribution in [0, 0.1) is 6.92 Å². The summed E-state index contributed by atoms with van der Waals surface area (Å²) in [6, 6.07) is 9.81. The van der Waals surface area contributed by atoms with E-state index in [1.54, 1.807) is 21.4 Å². The van der Waals surface area contributed by atoms with Gasteiger partial charge in [-0.2, -0.15) is 5.10 Å². The van der Waals surface area contributed by atoms with Crippen LogP contribution in [0.2, 0.25) is 0 Å². The van der Waals surface area contributed by atoms with Crippen LogP contribution in [0.1, 0.15) is 65.8 Å². The second-order valence-corrected chi connectivity index (χ2v) is 11.4. The molecule has 15 nitrogen and oxygen atoms in total. The van der Waals surface area contributed by atoms with Gasteiger partial charge in [0.1, 0.15) is 23.4 Å². The van der Waals surface area contributed by atoms with Gasteiger partial charge < -0.3 is 20.2 Å². The third kappa shape index (κ3) is 7.76. The van der Waals surface area contributed by atoms with Crippen molar-refractivity contribution in [1.82, 2.24) is 39.0 Å². The molecule has 0 bridgehead atoms. The molecular formula is C31H40N8O7. The lowest BCUT2D eigenvalue weighted by atomic mass is 9.99. The zero-order valence-corrected chi connectivity index (χ0v) is 26.3. The number of piperidine rings is 1. The van der Waals surface area contributed by atoms with Crippen molar-refractivity contribution in [3.8, 4) is 0 Å². The molecule has 5 rings (SSSR count). The summed E-state index contributed by atoms with van der Waals surface area (Å²) in [4.78, 5) is 82.1. The Morgan fingerprint density at radius 1 is 1.00 bits per heavy atom. The molecule has 1 saturated heterocycles. The van der Waals surface area contributed by atoms with Gasteiger partial charge in [-0.1, -0.05) is 30.3 Å². The van der Waals surface area contributed by atoms with E-state index in [-0.39, 0.29) is 50.0 Å². The van der Waals surface area contributed by atoms with E-state index in [9.17, 15) is 24.0 Å². The van der Waals surface area contributed by atoms with E-state index in [1.165, 1.54) is 14.1 Å². The zero-order chi connectivity index (χ0) is 33.4. The number of carbonyl (C=O) groups excluding carboxylic acids is 3. The Labute approximate surface area is 265 Å². The van der Waals surface area contributed by atoms with Crippen molar-refractivity contribution in [1.29, 1.82) is 0 Å². The molecule has 2 atom stereocenters. The van der Waals surface area contributed by atoms with E-state index < -0.39 is 29.2 Å². The summed E-state index contributed by atoms with van der Waals surface area (Å²) >= 11 is 0. The van der Waals surface area contributed by atoms with Crippen molar-refractivity contribution in [3.05, 3.63) is 80.1 Å². The fraction of sp³-hybridized carbons (Fsp3) is 0.484. The summed E-state index contributed by atoms with van der Waals surface area (Å²) in [5, 5.41) is 14.7. The summed E-state index contributed by atoms with van der Waals surface area (Å²) < 4.78 is 3.82. The van der Waals surface area contributed by atoms with Crippen LogP contribution in [0.25, 0.3) is 0 Å². The molecule has 2 aliphatic rings. The van der Waals surface area contributed by atoms with Crippen LogP contribution in [0.15, 0.2) is 46.0 Å². The van der Waals surface area contributed by atoms with Gasteiger partial charge in [0.25, 0.3) is 17.9 Å². The summed E-state index contributed by atoms with van der Waals surface area (Å²) in [6.07, 6.45) is 3.21. The van der Waals surface area contributed by atoms with Crippen LogP contribution >= 0.6 is 0 Å². The number of rotatable bonds is 3. The zero-order valence-electron chi connectivity index (χ0n) is 26.3. The fourth-order valence-corrected chi connectivity index (χ4v) is 5.92. The lowest BCUT2D eigenvalue weighted by Crippen LogP contribution is -2.53. The van der Waals surface area contributed by atoms with Gasteiger partial charge in [-0.05, 0) is 44.6 Å². The van der Waals surface area contributed by atoms with E-state index in [0.717, 1.165) is 33.6 Å². The van der Waals surface area contributed by atoms with Gasteiger partial charge in [-0.25, -0.2) is 14.5 Å². The number of carbonyl (C=O) groups is 4. The molecule has 46 heavy (non-hydrogen) atoms. The standard InChI is InChI=1S/C30H38N8O5.CH2O2/c1-20-31-27-22(18-21-10-5-4-6-11-21)32-28(41)23-12-7-8-15-37(23)25(39)13-9-14-36(16-17-38(27)33-20)29(42)24-19-26(40)35(3)30(43)34(24)2;2-1-3/h4-6,10-11,19,22-23H,7-9,12-18H2,1-3H3,(H,32,41);1H,(H,2,3)/t22-,23+;/m1./s1. The Balaban J connectivity index is 0.00000154. The second kappa shape index (κ2) is 15.3. The fourth-order valence-electron chi connectivity index (χ4n) is 5.92. The van der Waals surface area contributed by atoms with E-state index >= 15 is 0 Å². The first kappa shape index (κ1) is 33.8. The van der Waals surface area contributed by atoms with Gasteiger partial charge in [0.05, 0.1) is 12.6 Å². The van der Waals surface area contributed by atoms with Gasteiger partial charge in [-0.3, -0.25) is 33.1 Å². The maximum absolute atomic E-state index is 13.8. The molecular weight excluding hydrogens is 596 g/mol. The van der Waals surface area contributed by atoms with Crippen molar-refractivity contribution >= 4 is 24.2 Å². The molecule has 15 heteroatoms. The SMILES string of the molecule is Cc1nc2n(n1)CCN(C(=O)c1cc(=O)n(C)c(=O)n1C)CCCC(=O)N1CCCC[C@H]1C(=O)N[C@@H]2Cc1ccccc1.O=CO. The lowest BCUT2D eigenvalue weighted by molar-refractivity contribution is -0.142. The van der Waals surface area contributed by atoms with Gasteiger partial charge >= 0.3 is 5.69 Å². The average Bonchev–Trinajstić information content (AvgIpc) is 3.43. The number of benzene rings is 1. The molecule has 1 aromatic carbocycles. The van der Waals surface area contributed by atoms with E-state index in [2.05, 4.69) is 10.4 Å². The quantitative estimate of drug-likeness (QED) is 0.385. The smallest absolute Gasteiger partial charge is 0.331 e. The summed E-state index contributed by atoms with van der Waals surface area (Å²) in [5.41, 5.74) is -0.201. The molecule has 0 unspecified atom stereocenters. The molecule has 2 aromatic heterocycles. The molecule has 2 aliphatic heterocycles. The highest BCUT2D eigenvalue weighted by Crippen LogP contribution is 2.23. The molecule has 4 heterocycles. The second-order valence-electron chi connectivity index (χ2n) is 11.4. The van der Waals surface area contributed by atoms with Crippen molar-refractivity contribution in [2.75, 3.05) is 19.6 Å². The number of fused-ring (bicyclic) bond motifs is 2. The minimum Gasteiger partial charge on any atom is -0.483 e. The first-order chi connectivity index (χ1) is 22.0. The highest BCUT2D eigenvalue weighted by molar-refractivity contribution is 5.92. The Morgan fingerprint density at radius 2 is 1.72 bits per heavy atom. The van der Waals surface area contributed by atoms with Crippen LogP contribution in [0.4, 0.5) is 0 Å². The van der Waals surface area contributed by atoms with Gasteiger partial charge in [0, 0.05) is 46.2 Å². The topological polar surface area (TPSA) is 182 Å². The number of hydrogen-bond donors (Lipinski definition) is 2. The number of nitrogens with one attached hydrogen (secondary N) is 1. The Morgan fingerprint density at radius 3 is 2.43 bits per heavy atom. The predicted octanol–water partition coefficient (Wildman–Crippen LogP) is 0.402. The lowest BCUT2D eigenvalue weighted by Gasteiger charge is -2.36. The van der Waals surface area contributed by atoms with Gasteiger partial charge in [-0.15, -0.1) is 0 Å². The summed E-state index contributed by atoms with van der Waals surface area (Å²) in [5.74, 6) is 0.243. The van der Waals surface area contributed by atoms with Crippen LogP contribution < -0.4 is 16.6 Å². The Bertz CT molecular complexity index is 1680. The van der Waals surface area contributed by atoms with Crippen molar-refractivity contribution in [2.24, 2.45) is 14.1 Å². The van der Waals surface area contributed by atoms with Crippen LogP contribution in [-0.2, 0) is 41.4 Å². The highest BCUT2D eigenvalue weighted by Gasteiger charge is 2.34. The van der Waals surface area contributed by atoms with Crippen LogP contribution in [0.3, 0.4) is 0 Å². The molecule has 246 valence electrons. The van der Waals surface area contributed by atoms with Crippen molar-refractivity contribution < 1.29 is 24.3 Å². The molecule has 3 amide bonds. The average molecular weight is 637 g/mol. The highest BCUT2D eigenvalue weighted by atomic mass is 16.3. The third-order valence-electron chi connectivity index (χ3n) is 8.28. The van der Waals surface area contributed by atoms with Gasteiger partial charge in [0.2, 0.25) is 11.8 Å². The minimum atomic E-state index is -0.599. The van der Waals surface area contributed by atoms with Crippen LogP contribution in [0.5, 0.6) is 0 Å². The van der Waals surface area contributed by atoms with E-state index in [0.29, 0.717) is 37.5 Å². The molecule has 0 radical (unpaired) electrons. The van der Waals surface area contributed by atoms with Gasteiger partial charge in [0.15, 0.2) is 0 Å². The Kier molecular flexibility index (Phi) is 11.2. The molecule has 3 aromatic rings. The number of nitrogens with zero attached hydrogens (tertiary/aromatic N) is 7. The first-order valence-corrected chi connectivity index (χ1v) is 15.2. The normalized spacial score (nSPS) is 19.1. The van der Waals surface area contributed by atoms with E-state index in [1.807, 2.05) is 30.3 Å². The number of hydrogen-bond acceptors (Lipinski definition) is 8. The molecule has 0 aliphatic carbocycles. The molecule has 2 N–H and O–H groups in total. The molecule has 0 spiro atoms. The minimum absolute atomic E-state index is 0.0270. The Hall–Kier alpha value is -5.08. The molecule has 1 fully saturated rings.